The number of piperazine rings is 1. The summed E-state index contributed by atoms with van der Waals surface area (Å²) in [4.78, 5) is 28.8. The van der Waals surface area contributed by atoms with Crippen molar-refractivity contribution < 1.29 is 14.0 Å². The van der Waals surface area contributed by atoms with Gasteiger partial charge in [-0.3, -0.25) is 14.5 Å². The Labute approximate surface area is 166 Å². The van der Waals surface area contributed by atoms with Crippen molar-refractivity contribution in [2.75, 3.05) is 37.6 Å². The van der Waals surface area contributed by atoms with E-state index in [2.05, 4.69) is 20.4 Å². The van der Waals surface area contributed by atoms with Gasteiger partial charge in [0.05, 0.1) is 12.6 Å². The maximum Gasteiger partial charge on any atom is 0.239 e. The lowest BCUT2D eigenvalue weighted by molar-refractivity contribution is -0.129. The quantitative estimate of drug-likeness (QED) is 0.779. The van der Waals surface area contributed by atoms with E-state index in [9.17, 15) is 14.0 Å². The SMILES string of the molecule is CC(C(=O)NCC(=O)NC1CCCCC1)N1CCN(c2ccc(F)cc2)CC1. The van der Waals surface area contributed by atoms with E-state index in [1.807, 2.05) is 6.92 Å². The molecule has 0 bridgehead atoms. The number of nitrogens with zero attached hydrogens (tertiary/aromatic N) is 2. The van der Waals surface area contributed by atoms with Crippen LogP contribution in [-0.2, 0) is 9.59 Å². The molecule has 1 aromatic rings. The van der Waals surface area contributed by atoms with Crippen LogP contribution in [0, 0.1) is 5.82 Å². The van der Waals surface area contributed by atoms with Gasteiger partial charge in [-0.2, -0.15) is 0 Å². The number of hydrogen-bond donors (Lipinski definition) is 2. The first-order chi connectivity index (χ1) is 13.5. The van der Waals surface area contributed by atoms with E-state index in [-0.39, 0.29) is 36.3 Å². The molecule has 28 heavy (non-hydrogen) atoms. The molecule has 1 heterocycles. The van der Waals surface area contributed by atoms with Gasteiger partial charge in [-0.05, 0) is 44.0 Å². The Morgan fingerprint density at radius 3 is 2.36 bits per heavy atom. The third-order valence-corrected chi connectivity index (χ3v) is 5.83. The van der Waals surface area contributed by atoms with Crippen LogP contribution < -0.4 is 15.5 Å². The molecule has 1 unspecified atom stereocenters. The average Bonchev–Trinajstić information content (AvgIpc) is 2.73. The average molecular weight is 391 g/mol. The van der Waals surface area contributed by atoms with Crippen LogP contribution in [-0.4, -0.2) is 61.5 Å². The summed E-state index contributed by atoms with van der Waals surface area (Å²) in [5.41, 5.74) is 0.998. The number of benzene rings is 1. The highest BCUT2D eigenvalue weighted by Gasteiger charge is 2.26. The maximum atomic E-state index is 13.1. The first-order valence-electron chi connectivity index (χ1n) is 10.3. The molecule has 1 aliphatic carbocycles. The summed E-state index contributed by atoms with van der Waals surface area (Å²) in [6.45, 7) is 4.98. The molecule has 2 amide bonds. The third-order valence-electron chi connectivity index (χ3n) is 5.83. The molecule has 1 aliphatic heterocycles. The van der Waals surface area contributed by atoms with E-state index < -0.39 is 0 Å². The van der Waals surface area contributed by atoms with Gasteiger partial charge in [0.1, 0.15) is 5.82 Å². The molecule has 0 aromatic heterocycles. The Kier molecular flexibility index (Phi) is 7.25. The van der Waals surface area contributed by atoms with Crippen LogP contribution >= 0.6 is 0 Å². The number of nitrogens with one attached hydrogen (secondary N) is 2. The lowest BCUT2D eigenvalue weighted by Gasteiger charge is -2.38. The van der Waals surface area contributed by atoms with Crippen molar-refractivity contribution in [3.63, 3.8) is 0 Å². The molecule has 1 aromatic carbocycles. The van der Waals surface area contributed by atoms with Crippen LogP contribution in [0.15, 0.2) is 24.3 Å². The predicted octanol–water partition coefficient (Wildman–Crippen LogP) is 1.90. The van der Waals surface area contributed by atoms with Crippen molar-refractivity contribution in [1.29, 1.82) is 0 Å². The molecule has 1 saturated carbocycles. The van der Waals surface area contributed by atoms with Crippen molar-refractivity contribution in [3.05, 3.63) is 30.1 Å². The molecule has 7 heteroatoms. The third kappa shape index (κ3) is 5.67. The first kappa shape index (κ1) is 20.6. The Hall–Kier alpha value is -2.15. The number of hydrogen-bond acceptors (Lipinski definition) is 4. The maximum absolute atomic E-state index is 13.1. The molecule has 2 aliphatic rings. The summed E-state index contributed by atoms with van der Waals surface area (Å²) in [7, 11) is 0. The van der Waals surface area contributed by atoms with Crippen molar-refractivity contribution >= 4 is 17.5 Å². The summed E-state index contributed by atoms with van der Waals surface area (Å²) in [5.74, 6) is -0.456. The summed E-state index contributed by atoms with van der Waals surface area (Å²) in [6.07, 6.45) is 5.65. The van der Waals surface area contributed by atoms with Gasteiger partial charge in [-0.1, -0.05) is 19.3 Å². The van der Waals surface area contributed by atoms with E-state index in [4.69, 9.17) is 0 Å². The van der Waals surface area contributed by atoms with Gasteiger partial charge in [-0.15, -0.1) is 0 Å². The smallest absolute Gasteiger partial charge is 0.239 e. The Bertz CT molecular complexity index is 653. The summed E-state index contributed by atoms with van der Waals surface area (Å²) < 4.78 is 13.1. The van der Waals surface area contributed by atoms with Gasteiger partial charge in [-0.25, -0.2) is 4.39 Å². The summed E-state index contributed by atoms with van der Waals surface area (Å²) >= 11 is 0. The van der Waals surface area contributed by atoms with Gasteiger partial charge in [0.25, 0.3) is 0 Å². The number of rotatable bonds is 6. The van der Waals surface area contributed by atoms with E-state index in [1.165, 1.54) is 18.6 Å². The minimum absolute atomic E-state index is 0.0369. The molecule has 2 N–H and O–H groups in total. The van der Waals surface area contributed by atoms with Crippen LogP contribution in [0.3, 0.4) is 0 Å². The molecular weight excluding hydrogens is 359 g/mol. The van der Waals surface area contributed by atoms with Gasteiger partial charge in [0, 0.05) is 37.9 Å². The van der Waals surface area contributed by atoms with Gasteiger partial charge >= 0.3 is 0 Å². The highest BCUT2D eigenvalue weighted by atomic mass is 19.1. The fourth-order valence-electron chi connectivity index (χ4n) is 4.03. The molecule has 1 saturated heterocycles. The minimum Gasteiger partial charge on any atom is -0.369 e. The Balaban J connectivity index is 1.39. The molecular formula is C21H31FN4O2. The van der Waals surface area contributed by atoms with Crippen LogP contribution in [0.2, 0.25) is 0 Å². The topological polar surface area (TPSA) is 64.7 Å². The summed E-state index contributed by atoms with van der Waals surface area (Å²) in [6, 6.07) is 6.48. The predicted molar refractivity (Wildman–Crippen MR) is 108 cm³/mol. The van der Waals surface area contributed by atoms with Crippen LogP contribution in [0.4, 0.5) is 10.1 Å². The number of carbonyl (C=O) groups excluding carboxylic acids is 2. The second-order valence-corrected chi connectivity index (χ2v) is 7.80. The first-order valence-corrected chi connectivity index (χ1v) is 10.3. The highest BCUT2D eigenvalue weighted by Crippen LogP contribution is 2.18. The van der Waals surface area contributed by atoms with Crippen LogP contribution in [0.25, 0.3) is 0 Å². The molecule has 2 fully saturated rings. The fraction of sp³-hybridized carbons (Fsp3) is 0.619. The van der Waals surface area contributed by atoms with Gasteiger partial charge in [0.2, 0.25) is 11.8 Å². The van der Waals surface area contributed by atoms with Gasteiger partial charge < -0.3 is 15.5 Å². The number of anilines is 1. The van der Waals surface area contributed by atoms with E-state index in [1.54, 1.807) is 12.1 Å². The number of amides is 2. The standard InChI is InChI=1S/C21H31FN4O2/c1-16(21(28)23-15-20(27)24-18-5-3-2-4-6-18)25-11-13-26(14-12-25)19-9-7-17(22)8-10-19/h7-10,16,18H,2-6,11-15H2,1H3,(H,23,28)(H,24,27). The monoisotopic (exact) mass is 390 g/mol. The molecule has 1 atom stereocenters. The molecule has 6 nitrogen and oxygen atoms in total. The zero-order valence-corrected chi connectivity index (χ0v) is 16.6. The van der Waals surface area contributed by atoms with Crippen molar-refractivity contribution in [3.8, 4) is 0 Å². The fourth-order valence-corrected chi connectivity index (χ4v) is 4.03. The highest BCUT2D eigenvalue weighted by molar-refractivity contribution is 5.87. The number of halogens is 1. The van der Waals surface area contributed by atoms with E-state index >= 15 is 0 Å². The van der Waals surface area contributed by atoms with Crippen molar-refractivity contribution in [2.24, 2.45) is 0 Å². The lowest BCUT2D eigenvalue weighted by Crippen LogP contribution is -2.55. The molecule has 3 rings (SSSR count). The van der Waals surface area contributed by atoms with E-state index in [0.717, 1.165) is 57.5 Å². The summed E-state index contributed by atoms with van der Waals surface area (Å²) in [5, 5.41) is 5.79. The normalized spacial score (nSPS) is 19.9. The Morgan fingerprint density at radius 2 is 1.71 bits per heavy atom. The number of carbonyl (C=O) groups is 2. The molecule has 0 radical (unpaired) electrons. The molecule has 0 spiro atoms. The second-order valence-electron chi connectivity index (χ2n) is 7.80. The second kappa shape index (κ2) is 9.87. The minimum atomic E-state index is -0.280. The van der Waals surface area contributed by atoms with Crippen LogP contribution in [0.1, 0.15) is 39.0 Å². The lowest BCUT2D eigenvalue weighted by atomic mass is 9.95. The zero-order chi connectivity index (χ0) is 19.9. The zero-order valence-electron chi connectivity index (χ0n) is 16.6. The van der Waals surface area contributed by atoms with Crippen molar-refractivity contribution in [2.45, 2.75) is 51.1 Å². The largest absolute Gasteiger partial charge is 0.369 e. The van der Waals surface area contributed by atoms with Crippen molar-refractivity contribution in [1.82, 2.24) is 15.5 Å². The van der Waals surface area contributed by atoms with Crippen LogP contribution in [0.5, 0.6) is 0 Å². The van der Waals surface area contributed by atoms with Gasteiger partial charge in [0.15, 0.2) is 0 Å². The molecule has 154 valence electrons. The van der Waals surface area contributed by atoms with E-state index in [0.29, 0.717) is 0 Å². The Morgan fingerprint density at radius 1 is 1.07 bits per heavy atom.